The van der Waals surface area contributed by atoms with Crippen molar-refractivity contribution >= 4 is 23.2 Å². The fourth-order valence-corrected chi connectivity index (χ4v) is 3.31. The van der Waals surface area contributed by atoms with E-state index < -0.39 is 4.92 Å². The zero-order chi connectivity index (χ0) is 17.3. The van der Waals surface area contributed by atoms with E-state index >= 15 is 0 Å². The van der Waals surface area contributed by atoms with Crippen LogP contribution >= 0.6 is 11.6 Å². The highest BCUT2D eigenvalue weighted by atomic mass is 35.5. The average Bonchev–Trinajstić information content (AvgIpc) is 3.08. The normalized spacial score (nSPS) is 20.8. The summed E-state index contributed by atoms with van der Waals surface area (Å²) in [4.78, 5) is 28.8. The molecule has 126 valence electrons. The molecule has 1 aromatic heterocycles. The van der Waals surface area contributed by atoms with Crippen molar-refractivity contribution in [1.82, 2.24) is 14.5 Å². The molecule has 3 rings (SSSR count). The number of amides is 1. The number of nitro benzene ring substituents is 1. The Kier molecular flexibility index (Phi) is 4.53. The van der Waals surface area contributed by atoms with Crippen molar-refractivity contribution in [1.29, 1.82) is 0 Å². The van der Waals surface area contributed by atoms with Crippen molar-refractivity contribution in [2.75, 3.05) is 13.1 Å². The van der Waals surface area contributed by atoms with E-state index in [1.54, 1.807) is 17.4 Å². The van der Waals surface area contributed by atoms with Gasteiger partial charge in [-0.05, 0) is 24.5 Å². The van der Waals surface area contributed by atoms with Crippen LogP contribution in [0.2, 0.25) is 5.02 Å². The van der Waals surface area contributed by atoms with Crippen LogP contribution in [0.5, 0.6) is 0 Å². The highest BCUT2D eigenvalue weighted by Gasteiger charge is 2.30. The lowest BCUT2D eigenvalue weighted by molar-refractivity contribution is -0.384. The van der Waals surface area contributed by atoms with Crippen molar-refractivity contribution in [2.24, 2.45) is 5.92 Å². The lowest BCUT2D eigenvalue weighted by atomic mass is 9.93. The monoisotopic (exact) mass is 348 g/mol. The summed E-state index contributed by atoms with van der Waals surface area (Å²) in [6.07, 6.45) is 6.27. The van der Waals surface area contributed by atoms with E-state index in [2.05, 4.69) is 11.9 Å². The molecule has 8 heteroatoms. The fourth-order valence-electron chi connectivity index (χ4n) is 3.06. The Labute approximate surface area is 144 Å². The van der Waals surface area contributed by atoms with E-state index in [9.17, 15) is 14.9 Å². The van der Waals surface area contributed by atoms with Gasteiger partial charge in [-0.15, -0.1) is 0 Å². The molecule has 2 aromatic rings. The zero-order valence-corrected chi connectivity index (χ0v) is 13.9. The highest BCUT2D eigenvalue weighted by molar-refractivity contribution is 6.33. The standard InChI is InChI=1S/C16H17ClN4O3/c1-11-4-6-19(9-15(11)20-7-5-18-10-20)16(22)12-2-3-14(21(23)24)13(17)8-12/h2-3,5,7-8,10-11,15H,4,6,9H2,1H3/t11-,15+/m0/s1. The van der Waals surface area contributed by atoms with Crippen LogP contribution in [-0.4, -0.2) is 38.4 Å². The van der Waals surface area contributed by atoms with E-state index in [4.69, 9.17) is 11.6 Å². The average molecular weight is 349 g/mol. The number of carbonyl (C=O) groups is 1. The van der Waals surface area contributed by atoms with Gasteiger partial charge in [0.1, 0.15) is 5.02 Å². The summed E-state index contributed by atoms with van der Waals surface area (Å²) >= 11 is 5.92. The van der Waals surface area contributed by atoms with Crippen LogP contribution in [-0.2, 0) is 0 Å². The molecule has 1 saturated heterocycles. The Balaban J connectivity index is 1.80. The van der Waals surface area contributed by atoms with Gasteiger partial charge in [-0.2, -0.15) is 0 Å². The lowest BCUT2D eigenvalue weighted by Gasteiger charge is -2.37. The SMILES string of the molecule is C[C@H]1CCN(C(=O)c2ccc([N+](=O)[O-])c(Cl)c2)C[C@H]1n1ccnc1. The van der Waals surface area contributed by atoms with E-state index in [1.165, 1.54) is 18.2 Å². The maximum atomic E-state index is 12.7. The number of piperidine rings is 1. The molecule has 0 bridgehead atoms. The molecule has 2 heterocycles. The minimum Gasteiger partial charge on any atom is -0.337 e. The molecule has 7 nitrogen and oxygen atoms in total. The van der Waals surface area contributed by atoms with E-state index in [0.29, 0.717) is 24.6 Å². The molecule has 0 unspecified atom stereocenters. The molecule has 1 fully saturated rings. The molecule has 0 saturated carbocycles. The van der Waals surface area contributed by atoms with Crippen LogP contribution in [0.15, 0.2) is 36.9 Å². The minimum atomic E-state index is -0.561. The van der Waals surface area contributed by atoms with Crippen LogP contribution in [0.1, 0.15) is 29.7 Å². The minimum absolute atomic E-state index is 0.0256. The molecule has 0 N–H and O–H groups in total. The first-order valence-electron chi connectivity index (χ1n) is 7.68. The number of rotatable bonds is 3. The lowest BCUT2D eigenvalue weighted by Crippen LogP contribution is -2.43. The second-order valence-electron chi connectivity index (χ2n) is 6.02. The van der Waals surface area contributed by atoms with Crippen LogP contribution in [0.3, 0.4) is 0 Å². The Morgan fingerprint density at radius 1 is 1.46 bits per heavy atom. The molecule has 24 heavy (non-hydrogen) atoms. The number of carbonyl (C=O) groups excluding carboxylic acids is 1. The summed E-state index contributed by atoms with van der Waals surface area (Å²) in [5.74, 6) is 0.271. The van der Waals surface area contributed by atoms with Gasteiger partial charge in [0.15, 0.2) is 0 Å². The van der Waals surface area contributed by atoms with Gasteiger partial charge < -0.3 is 9.47 Å². The Hall–Kier alpha value is -2.41. The predicted molar refractivity (Wildman–Crippen MR) is 89.1 cm³/mol. The summed E-state index contributed by atoms with van der Waals surface area (Å²) in [6, 6.07) is 4.26. The van der Waals surface area contributed by atoms with Crippen molar-refractivity contribution in [3.8, 4) is 0 Å². The van der Waals surface area contributed by atoms with Gasteiger partial charge in [0.25, 0.3) is 11.6 Å². The third-order valence-electron chi connectivity index (χ3n) is 4.51. The molecule has 1 amide bonds. The first-order chi connectivity index (χ1) is 11.5. The summed E-state index contributed by atoms with van der Waals surface area (Å²) in [7, 11) is 0. The zero-order valence-electron chi connectivity index (χ0n) is 13.1. The van der Waals surface area contributed by atoms with E-state index in [-0.39, 0.29) is 22.7 Å². The first-order valence-corrected chi connectivity index (χ1v) is 8.06. The quantitative estimate of drug-likeness (QED) is 0.630. The number of imidazole rings is 1. The van der Waals surface area contributed by atoms with Crippen molar-refractivity contribution in [3.05, 3.63) is 57.6 Å². The number of nitrogens with zero attached hydrogens (tertiary/aromatic N) is 4. The highest BCUT2D eigenvalue weighted by Crippen LogP contribution is 2.30. The third kappa shape index (κ3) is 3.12. The number of hydrogen-bond donors (Lipinski definition) is 0. The van der Waals surface area contributed by atoms with Crippen molar-refractivity contribution < 1.29 is 9.72 Å². The summed E-state index contributed by atoms with van der Waals surface area (Å²) in [6.45, 7) is 3.39. The van der Waals surface area contributed by atoms with Gasteiger partial charge in [0, 0.05) is 37.1 Å². The van der Waals surface area contributed by atoms with Crippen LogP contribution in [0.25, 0.3) is 0 Å². The number of nitro groups is 1. The largest absolute Gasteiger partial charge is 0.337 e. The second-order valence-corrected chi connectivity index (χ2v) is 6.42. The summed E-state index contributed by atoms with van der Waals surface area (Å²) in [5.41, 5.74) is 0.168. The molecule has 0 aliphatic carbocycles. The van der Waals surface area contributed by atoms with Crippen LogP contribution < -0.4 is 0 Å². The van der Waals surface area contributed by atoms with Gasteiger partial charge in [0.2, 0.25) is 0 Å². The van der Waals surface area contributed by atoms with Crippen LogP contribution in [0.4, 0.5) is 5.69 Å². The first kappa shape index (κ1) is 16.4. The molecule has 1 aromatic carbocycles. The molecule has 2 atom stereocenters. The van der Waals surface area contributed by atoms with Crippen molar-refractivity contribution in [2.45, 2.75) is 19.4 Å². The molecule has 0 spiro atoms. The van der Waals surface area contributed by atoms with Gasteiger partial charge in [-0.1, -0.05) is 18.5 Å². The number of halogens is 1. The van der Waals surface area contributed by atoms with Crippen molar-refractivity contribution in [3.63, 3.8) is 0 Å². The predicted octanol–water partition coefficient (Wildman–Crippen LogP) is 3.17. The molecule has 1 aliphatic heterocycles. The van der Waals surface area contributed by atoms with Gasteiger partial charge in [-0.25, -0.2) is 4.98 Å². The third-order valence-corrected chi connectivity index (χ3v) is 4.81. The van der Waals surface area contributed by atoms with E-state index in [0.717, 1.165) is 6.42 Å². The van der Waals surface area contributed by atoms with Crippen LogP contribution in [0, 0.1) is 16.0 Å². The van der Waals surface area contributed by atoms with Gasteiger partial charge >= 0.3 is 0 Å². The maximum absolute atomic E-state index is 12.7. The number of hydrogen-bond acceptors (Lipinski definition) is 4. The second kappa shape index (κ2) is 6.60. The smallest absolute Gasteiger partial charge is 0.287 e. The van der Waals surface area contributed by atoms with Gasteiger partial charge in [-0.3, -0.25) is 14.9 Å². The van der Waals surface area contributed by atoms with Gasteiger partial charge in [0.05, 0.1) is 17.3 Å². The maximum Gasteiger partial charge on any atom is 0.287 e. The molecule has 1 aliphatic rings. The Morgan fingerprint density at radius 2 is 2.25 bits per heavy atom. The topological polar surface area (TPSA) is 81.3 Å². The van der Waals surface area contributed by atoms with E-state index in [1.807, 2.05) is 10.8 Å². The Bertz CT molecular complexity index is 763. The summed E-state index contributed by atoms with van der Waals surface area (Å²) in [5, 5.41) is 10.8. The molecular weight excluding hydrogens is 332 g/mol. The summed E-state index contributed by atoms with van der Waals surface area (Å²) < 4.78 is 2.02. The number of likely N-dealkylation sites (tertiary alicyclic amines) is 1. The number of benzene rings is 1. The fraction of sp³-hybridized carbons (Fsp3) is 0.375. The number of aromatic nitrogens is 2. The molecule has 0 radical (unpaired) electrons. The Morgan fingerprint density at radius 3 is 2.88 bits per heavy atom. The molecular formula is C16H17ClN4O3.